The molecule has 0 unspecified atom stereocenters. The smallest absolute Gasteiger partial charge is 0.243 e. The van der Waals surface area contributed by atoms with Gasteiger partial charge >= 0.3 is 0 Å². The van der Waals surface area contributed by atoms with Gasteiger partial charge in [0.1, 0.15) is 11.3 Å². The Balaban J connectivity index is 1.40. The lowest BCUT2D eigenvalue weighted by molar-refractivity contribution is -0.114. The number of rotatable bonds is 5. The number of hydrogen-bond acceptors (Lipinski definition) is 5. The van der Waals surface area contributed by atoms with E-state index in [0.717, 1.165) is 22.6 Å². The van der Waals surface area contributed by atoms with Crippen LogP contribution < -0.4 is 5.32 Å². The number of fused-ring (bicyclic) bond motifs is 1. The highest BCUT2D eigenvalue weighted by molar-refractivity contribution is 7.89. The Morgan fingerprint density at radius 1 is 1.06 bits per heavy atom. The molecule has 0 radical (unpaired) electrons. The van der Waals surface area contributed by atoms with Gasteiger partial charge in [-0.2, -0.15) is 4.31 Å². The van der Waals surface area contributed by atoms with Crippen LogP contribution in [0.3, 0.4) is 0 Å². The molecule has 2 aromatic heterocycles. The van der Waals surface area contributed by atoms with Crippen LogP contribution in [0.4, 0.5) is 5.69 Å². The normalized spacial score (nSPS) is 15.4. The summed E-state index contributed by atoms with van der Waals surface area (Å²) in [5.41, 5.74) is 2.99. The van der Waals surface area contributed by atoms with Crippen LogP contribution in [0.2, 0.25) is 5.02 Å². The molecule has 3 heterocycles. The number of pyridine rings is 1. The average Bonchev–Trinajstić information content (AvgIpc) is 3.25. The van der Waals surface area contributed by atoms with E-state index in [2.05, 4.69) is 14.9 Å². The first-order chi connectivity index (χ1) is 16.8. The molecule has 2 aromatic carbocycles. The molecule has 1 fully saturated rings. The molecule has 1 aliphatic heterocycles. The first kappa shape index (κ1) is 23.5. The Kier molecular flexibility index (Phi) is 6.31. The predicted molar refractivity (Wildman–Crippen MR) is 136 cm³/mol. The molecule has 0 spiro atoms. The molecule has 0 bridgehead atoms. The average molecular weight is 510 g/mol. The van der Waals surface area contributed by atoms with E-state index in [9.17, 15) is 13.2 Å². The van der Waals surface area contributed by atoms with E-state index in [1.54, 1.807) is 6.20 Å². The minimum absolute atomic E-state index is 0.0577. The number of benzene rings is 2. The molecule has 35 heavy (non-hydrogen) atoms. The largest absolute Gasteiger partial charge is 0.325 e. The van der Waals surface area contributed by atoms with Crippen molar-refractivity contribution in [2.75, 3.05) is 18.4 Å². The Morgan fingerprint density at radius 3 is 2.49 bits per heavy atom. The van der Waals surface area contributed by atoms with Crippen LogP contribution in [-0.4, -0.2) is 46.3 Å². The maximum atomic E-state index is 13.3. The van der Waals surface area contributed by atoms with Crippen molar-refractivity contribution in [3.05, 3.63) is 71.9 Å². The summed E-state index contributed by atoms with van der Waals surface area (Å²) in [6, 6.07) is 18.2. The SMILES string of the molecule is CC(=O)Nc1ccc(S(=O)(=O)N2CCC(n3c(-c4ccccc4)nc4cccnc43)CC2)cc1Cl. The summed E-state index contributed by atoms with van der Waals surface area (Å²) in [4.78, 5) is 20.8. The van der Waals surface area contributed by atoms with Gasteiger partial charge in [-0.1, -0.05) is 41.9 Å². The van der Waals surface area contributed by atoms with Crippen LogP contribution in [0.25, 0.3) is 22.6 Å². The van der Waals surface area contributed by atoms with E-state index >= 15 is 0 Å². The van der Waals surface area contributed by atoms with Gasteiger partial charge in [0, 0.05) is 37.8 Å². The van der Waals surface area contributed by atoms with E-state index in [1.165, 1.54) is 29.4 Å². The number of anilines is 1. The van der Waals surface area contributed by atoms with Gasteiger partial charge in [-0.15, -0.1) is 0 Å². The van der Waals surface area contributed by atoms with Gasteiger partial charge in [0.2, 0.25) is 15.9 Å². The number of amides is 1. The number of carbonyl (C=O) groups is 1. The van der Waals surface area contributed by atoms with E-state index in [0.29, 0.717) is 31.6 Å². The molecule has 0 saturated carbocycles. The Bertz CT molecular complexity index is 1500. The fourth-order valence-corrected chi connectivity index (χ4v) is 6.29. The number of nitrogens with one attached hydrogen (secondary N) is 1. The highest BCUT2D eigenvalue weighted by atomic mass is 35.5. The van der Waals surface area contributed by atoms with Gasteiger partial charge < -0.3 is 9.88 Å². The topological polar surface area (TPSA) is 97.2 Å². The second-order valence-corrected chi connectivity index (χ2v) is 10.8. The number of piperidine rings is 1. The van der Waals surface area contributed by atoms with Gasteiger partial charge in [0.25, 0.3) is 0 Å². The molecule has 10 heteroatoms. The van der Waals surface area contributed by atoms with Gasteiger partial charge in [0.15, 0.2) is 5.65 Å². The molecule has 1 aliphatic rings. The van der Waals surface area contributed by atoms with E-state index in [-0.39, 0.29) is 21.9 Å². The zero-order chi connectivity index (χ0) is 24.6. The van der Waals surface area contributed by atoms with Crippen LogP contribution in [-0.2, 0) is 14.8 Å². The monoisotopic (exact) mass is 509 g/mol. The lowest BCUT2D eigenvalue weighted by Gasteiger charge is -2.32. The molecule has 1 amide bonds. The Morgan fingerprint density at radius 2 is 1.80 bits per heavy atom. The van der Waals surface area contributed by atoms with Crippen molar-refractivity contribution in [1.29, 1.82) is 0 Å². The Labute approximate surface area is 208 Å². The van der Waals surface area contributed by atoms with Crippen molar-refractivity contribution in [3.63, 3.8) is 0 Å². The maximum Gasteiger partial charge on any atom is 0.243 e. The number of carbonyl (C=O) groups excluding carboxylic acids is 1. The highest BCUT2D eigenvalue weighted by Crippen LogP contribution is 2.34. The number of sulfonamides is 1. The van der Waals surface area contributed by atoms with E-state index in [1.807, 2.05) is 42.5 Å². The lowest BCUT2D eigenvalue weighted by atomic mass is 10.1. The molecule has 1 N–H and O–H groups in total. The number of nitrogens with zero attached hydrogens (tertiary/aromatic N) is 4. The first-order valence-electron chi connectivity index (χ1n) is 11.3. The van der Waals surface area contributed by atoms with Crippen molar-refractivity contribution >= 4 is 44.4 Å². The second kappa shape index (κ2) is 9.41. The molecule has 4 aromatic rings. The molecule has 0 aliphatic carbocycles. The molecule has 0 atom stereocenters. The first-order valence-corrected chi connectivity index (χ1v) is 13.1. The number of aromatic nitrogens is 3. The molecule has 1 saturated heterocycles. The minimum atomic E-state index is -3.73. The molecule has 8 nitrogen and oxygen atoms in total. The Hall–Kier alpha value is -3.27. The van der Waals surface area contributed by atoms with Gasteiger partial charge in [-0.3, -0.25) is 4.79 Å². The molecular formula is C25H24ClN5O3S. The number of hydrogen-bond donors (Lipinski definition) is 1. The fraction of sp³-hybridized carbons (Fsp3) is 0.240. The quantitative estimate of drug-likeness (QED) is 0.419. The molecular weight excluding hydrogens is 486 g/mol. The van der Waals surface area contributed by atoms with Gasteiger partial charge in [0.05, 0.1) is 15.6 Å². The third-order valence-corrected chi connectivity index (χ3v) is 8.37. The van der Waals surface area contributed by atoms with Crippen LogP contribution in [0, 0.1) is 0 Å². The van der Waals surface area contributed by atoms with Crippen molar-refractivity contribution in [1.82, 2.24) is 18.8 Å². The van der Waals surface area contributed by atoms with Gasteiger partial charge in [-0.25, -0.2) is 18.4 Å². The standard InChI is InChI=1S/C25H24ClN5O3S/c1-17(32)28-22-10-9-20(16-21(22)26)35(33,34)30-14-11-19(12-15-30)31-24(18-6-3-2-4-7-18)29-23-8-5-13-27-25(23)31/h2-10,13,16,19H,11-12,14-15H2,1H3,(H,28,32). The molecule has 5 rings (SSSR count). The summed E-state index contributed by atoms with van der Waals surface area (Å²) < 4.78 is 30.3. The zero-order valence-electron chi connectivity index (χ0n) is 19.1. The summed E-state index contributed by atoms with van der Waals surface area (Å²) in [6.45, 7) is 2.09. The zero-order valence-corrected chi connectivity index (χ0v) is 20.6. The predicted octanol–water partition coefficient (Wildman–Crippen LogP) is 4.74. The third kappa shape index (κ3) is 4.54. The van der Waals surface area contributed by atoms with Crippen LogP contribution in [0.1, 0.15) is 25.8 Å². The van der Waals surface area contributed by atoms with Crippen LogP contribution in [0.5, 0.6) is 0 Å². The number of halogens is 1. The summed E-state index contributed by atoms with van der Waals surface area (Å²) in [5.74, 6) is 0.557. The fourth-order valence-electron chi connectivity index (χ4n) is 4.50. The van der Waals surface area contributed by atoms with E-state index in [4.69, 9.17) is 16.6 Å². The van der Waals surface area contributed by atoms with Crippen LogP contribution in [0.15, 0.2) is 71.8 Å². The maximum absolute atomic E-state index is 13.3. The van der Waals surface area contributed by atoms with Crippen molar-refractivity contribution in [3.8, 4) is 11.4 Å². The van der Waals surface area contributed by atoms with Crippen LogP contribution >= 0.6 is 11.6 Å². The number of imidazole rings is 1. The molecule has 180 valence electrons. The summed E-state index contributed by atoms with van der Waals surface area (Å²) in [7, 11) is -3.73. The van der Waals surface area contributed by atoms with Crippen molar-refractivity contribution < 1.29 is 13.2 Å². The summed E-state index contributed by atoms with van der Waals surface area (Å²) >= 11 is 6.23. The summed E-state index contributed by atoms with van der Waals surface area (Å²) in [5, 5.41) is 2.77. The minimum Gasteiger partial charge on any atom is -0.325 e. The van der Waals surface area contributed by atoms with Gasteiger partial charge in [-0.05, 0) is 43.2 Å². The van der Waals surface area contributed by atoms with Crippen molar-refractivity contribution in [2.24, 2.45) is 0 Å². The van der Waals surface area contributed by atoms with Crippen molar-refractivity contribution in [2.45, 2.75) is 30.7 Å². The highest BCUT2D eigenvalue weighted by Gasteiger charge is 2.32. The van der Waals surface area contributed by atoms with E-state index < -0.39 is 10.0 Å². The second-order valence-electron chi connectivity index (χ2n) is 8.48. The summed E-state index contributed by atoms with van der Waals surface area (Å²) in [6.07, 6.45) is 3.00. The lowest BCUT2D eigenvalue weighted by Crippen LogP contribution is -2.39. The third-order valence-electron chi connectivity index (χ3n) is 6.16.